The van der Waals surface area contributed by atoms with Crippen LogP contribution in [-0.4, -0.2) is 50.6 Å². The summed E-state index contributed by atoms with van der Waals surface area (Å²) in [6, 6.07) is 9.46. The van der Waals surface area contributed by atoms with Gasteiger partial charge in [0.05, 0.1) is 39.6 Å². The lowest BCUT2D eigenvalue weighted by molar-refractivity contribution is 0.0426. The van der Waals surface area contributed by atoms with Crippen molar-refractivity contribution >= 4 is 11.9 Å². The molecule has 3 rings (SSSR count). The van der Waals surface area contributed by atoms with Crippen LogP contribution in [-0.2, 0) is 16.1 Å². The minimum atomic E-state index is -0.728. The molecule has 0 aliphatic carbocycles. The van der Waals surface area contributed by atoms with Gasteiger partial charge in [-0.2, -0.15) is 0 Å². The lowest BCUT2D eigenvalue weighted by Gasteiger charge is -2.12. The second-order valence-corrected chi connectivity index (χ2v) is 6.03. The SMILES string of the molecule is COC(=O)c1ccccc1C(=O)OCc1nnc(-c2cc(OC)c(OC)c(OC)c2)o1. The Labute approximate surface area is 177 Å². The van der Waals surface area contributed by atoms with Crippen LogP contribution < -0.4 is 14.2 Å². The fraction of sp³-hybridized carbons (Fsp3) is 0.238. The molecule has 10 heteroatoms. The summed E-state index contributed by atoms with van der Waals surface area (Å²) in [5.41, 5.74) is 0.688. The molecule has 162 valence electrons. The zero-order chi connectivity index (χ0) is 22.4. The van der Waals surface area contributed by atoms with Crippen molar-refractivity contribution in [1.29, 1.82) is 0 Å². The smallest absolute Gasteiger partial charge is 0.339 e. The lowest BCUT2D eigenvalue weighted by atomic mass is 10.1. The average Bonchev–Trinajstić information content (AvgIpc) is 3.30. The predicted molar refractivity (Wildman–Crippen MR) is 106 cm³/mol. The van der Waals surface area contributed by atoms with E-state index in [2.05, 4.69) is 14.9 Å². The summed E-state index contributed by atoms with van der Waals surface area (Å²) in [4.78, 5) is 24.2. The van der Waals surface area contributed by atoms with Gasteiger partial charge in [-0.15, -0.1) is 10.2 Å². The first kappa shape index (κ1) is 21.6. The molecule has 0 bridgehead atoms. The van der Waals surface area contributed by atoms with Crippen LogP contribution in [0.3, 0.4) is 0 Å². The van der Waals surface area contributed by atoms with Gasteiger partial charge in [0.25, 0.3) is 5.89 Å². The van der Waals surface area contributed by atoms with Crippen LogP contribution in [0, 0.1) is 0 Å². The Morgan fingerprint density at radius 1 is 0.871 bits per heavy atom. The highest BCUT2D eigenvalue weighted by atomic mass is 16.5. The minimum absolute atomic E-state index is 0.0626. The topological polar surface area (TPSA) is 119 Å². The summed E-state index contributed by atoms with van der Waals surface area (Å²) < 4.78 is 31.4. The fourth-order valence-corrected chi connectivity index (χ4v) is 2.79. The number of methoxy groups -OCH3 is 4. The van der Waals surface area contributed by atoms with E-state index in [1.165, 1.54) is 40.6 Å². The first-order valence-electron chi connectivity index (χ1n) is 8.99. The summed E-state index contributed by atoms with van der Waals surface area (Å²) in [7, 11) is 5.71. The van der Waals surface area contributed by atoms with Crippen molar-refractivity contribution in [3.05, 3.63) is 53.4 Å². The first-order chi connectivity index (χ1) is 15.0. The van der Waals surface area contributed by atoms with Crippen LogP contribution in [0.5, 0.6) is 17.2 Å². The van der Waals surface area contributed by atoms with Crippen LogP contribution in [0.4, 0.5) is 0 Å². The summed E-state index contributed by atoms with van der Waals surface area (Å²) in [6.07, 6.45) is 0. The molecule has 3 aromatic rings. The molecule has 0 saturated carbocycles. The highest BCUT2D eigenvalue weighted by molar-refractivity contribution is 6.03. The average molecular weight is 428 g/mol. The van der Waals surface area contributed by atoms with Gasteiger partial charge in [0.1, 0.15) is 0 Å². The molecule has 0 aliphatic heterocycles. The van der Waals surface area contributed by atoms with Crippen LogP contribution in [0.25, 0.3) is 11.5 Å². The number of hydrogen-bond acceptors (Lipinski definition) is 10. The van der Waals surface area contributed by atoms with Crippen LogP contribution in [0.2, 0.25) is 0 Å². The number of hydrogen-bond donors (Lipinski definition) is 0. The summed E-state index contributed by atoms with van der Waals surface area (Å²) in [5, 5.41) is 7.86. The largest absolute Gasteiger partial charge is 0.493 e. The first-order valence-corrected chi connectivity index (χ1v) is 8.99. The molecule has 31 heavy (non-hydrogen) atoms. The molecule has 2 aromatic carbocycles. The van der Waals surface area contributed by atoms with E-state index in [0.717, 1.165) is 0 Å². The van der Waals surface area contributed by atoms with Gasteiger partial charge in [0.2, 0.25) is 11.6 Å². The molecule has 0 aliphatic rings. The maximum atomic E-state index is 12.4. The van der Waals surface area contributed by atoms with E-state index < -0.39 is 11.9 Å². The van der Waals surface area contributed by atoms with E-state index in [1.807, 2.05) is 0 Å². The van der Waals surface area contributed by atoms with E-state index in [1.54, 1.807) is 24.3 Å². The summed E-state index contributed by atoms with van der Waals surface area (Å²) >= 11 is 0. The van der Waals surface area contributed by atoms with Crippen molar-refractivity contribution in [3.63, 3.8) is 0 Å². The highest BCUT2D eigenvalue weighted by Gasteiger charge is 2.20. The third kappa shape index (κ3) is 4.58. The van der Waals surface area contributed by atoms with Gasteiger partial charge in [-0.05, 0) is 24.3 Å². The molecule has 0 atom stereocenters. The number of rotatable bonds is 8. The number of esters is 2. The number of carbonyl (C=O) groups excluding carboxylic acids is 2. The molecule has 0 saturated heterocycles. The minimum Gasteiger partial charge on any atom is -0.493 e. The number of benzene rings is 2. The molecule has 0 radical (unpaired) electrons. The van der Waals surface area contributed by atoms with Gasteiger partial charge in [-0.3, -0.25) is 0 Å². The van der Waals surface area contributed by atoms with Gasteiger partial charge >= 0.3 is 11.9 Å². The molecule has 0 amide bonds. The second-order valence-electron chi connectivity index (χ2n) is 6.03. The van der Waals surface area contributed by atoms with Crippen molar-refractivity contribution in [2.24, 2.45) is 0 Å². The zero-order valence-corrected chi connectivity index (χ0v) is 17.3. The Morgan fingerprint density at radius 2 is 1.48 bits per heavy atom. The third-order valence-corrected chi connectivity index (χ3v) is 4.26. The van der Waals surface area contributed by atoms with Crippen LogP contribution in [0.1, 0.15) is 26.6 Å². The molecule has 0 spiro atoms. The fourth-order valence-electron chi connectivity index (χ4n) is 2.79. The highest BCUT2D eigenvalue weighted by Crippen LogP contribution is 2.40. The van der Waals surface area contributed by atoms with Crippen molar-refractivity contribution < 1.29 is 37.7 Å². The van der Waals surface area contributed by atoms with Crippen molar-refractivity contribution in [2.75, 3.05) is 28.4 Å². The molecule has 0 unspecified atom stereocenters. The van der Waals surface area contributed by atoms with E-state index >= 15 is 0 Å². The molecule has 0 fully saturated rings. The van der Waals surface area contributed by atoms with Crippen molar-refractivity contribution in [2.45, 2.75) is 6.61 Å². The molecule has 10 nitrogen and oxygen atoms in total. The van der Waals surface area contributed by atoms with Gasteiger partial charge < -0.3 is 28.1 Å². The van der Waals surface area contributed by atoms with E-state index in [4.69, 9.17) is 23.4 Å². The number of carbonyl (C=O) groups is 2. The molecule has 1 heterocycles. The maximum Gasteiger partial charge on any atom is 0.339 e. The quantitative estimate of drug-likeness (QED) is 0.495. The van der Waals surface area contributed by atoms with Crippen LogP contribution in [0.15, 0.2) is 40.8 Å². The Bertz CT molecular complexity index is 1070. The Morgan fingerprint density at radius 3 is 2.03 bits per heavy atom. The van der Waals surface area contributed by atoms with E-state index in [-0.39, 0.29) is 29.5 Å². The standard InChI is InChI=1S/C21H20N2O8/c1-26-15-9-12(10-16(27-2)18(15)28-3)19-23-22-17(31-19)11-30-21(25)14-8-6-5-7-13(14)20(24)29-4/h5-10H,11H2,1-4H3. The number of ether oxygens (including phenoxy) is 5. The Balaban J connectivity index is 1.77. The van der Waals surface area contributed by atoms with Crippen molar-refractivity contribution in [1.82, 2.24) is 10.2 Å². The summed E-state index contributed by atoms with van der Waals surface area (Å²) in [6.45, 7) is -0.286. The van der Waals surface area contributed by atoms with Gasteiger partial charge in [0, 0.05) is 5.56 Å². The van der Waals surface area contributed by atoms with E-state index in [9.17, 15) is 9.59 Å². The predicted octanol–water partition coefficient (Wildman–Crippen LogP) is 2.91. The molecule has 0 N–H and O–H groups in total. The van der Waals surface area contributed by atoms with Crippen LogP contribution >= 0.6 is 0 Å². The normalized spacial score (nSPS) is 10.3. The van der Waals surface area contributed by atoms with Gasteiger partial charge in [-0.1, -0.05) is 12.1 Å². The Hall–Kier alpha value is -4.08. The van der Waals surface area contributed by atoms with E-state index in [0.29, 0.717) is 22.8 Å². The summed E-state index contributed by atoms with van der Waals surface area (Å²) in [5.74, 6) is 0.119. The van der Waals surface area contributed by atoms with Gasteiger partial charge in [-0.25, -0.2) is 9.59 Å². The second kappa shape index (κ2) is 9.61. The monoisotopic (exact) mass is 428 g/mol. The lowest BCUT2D eigenvalue weighted by Crippen LogP contribution is -2.13. The number of aromatic nitrogens is 2. The third-order valence-electron chi connectivity index (χ3n) is 4.26. The Kier molecular flexibility index (Phi) is 6.71. The molecular weight excluding hydrogens is 408 g/mol. The number of nitrogens with zero attached hydrogens (tertiary/aromatic N) is 2. The van der Waals surface area contributed by atoms with Crippen molar-refractivity contribution in [3.8, 4) is 28.7 Å². The van der Waals surface area contributed by atoms with Gasteiger partial charge in [0.15, 0.2) is 18.1 Å². The zero-order valence-electron chi connectivity index (χ0n) is 17.3. The maximum absolute atomic E-state index is 12.4. The molecule has 1 aromatic heterocycles. The molecular formula is C21H20N2O8.